The van der Waals surface area contributed by atoms with Gasteiger partial charge in [0, 0.05) is 12.1 Å². The number of hydrogen-bond acceptors (Lipinski definition) is 5. The molecule has 160 valence electrons. The summed E-state index contributed by atoms with van der Waals surface area (Å²) >= 11 is 0. The number of nitrogens with one attached hydrogen (secondary N) is 2. The van der Waals surface area contributed by atoms with Crippen molar-refractivity contribution >= 4 is 12.0 Å². The molecule has 0 aromatic heterocycles. The molecule has 3 rings (SSSR count). The monoisotopic (exact) mass is 412 g/mol. The van der Waals surface area contributed by atoms with Crippen LogP contribution in [0.4, 0.5) is 4.79 Å². The molecular weight excluding hydrogens is 384 g/mol. The van der Waals surface area contributed by atoms with E-state index in [4.69, 9.17) is 14.2 Å². The van der Waals surface area contributed by atoms with Gasteiger partial charge in [-0.1, -0.05) is 48.5 Å². The molecule has 2 aromatic carbocycles. The highest BCUT2D eigenvalue weighted by molar-refractivity contribution is 5.94. The maximum Gasteiger partial charge on any atom is 0.407 e. The van der Waals surface area contributed by atoms with Gasteiger partial charge in [0.25, 0.3) is 5.91 Å². The fourth-order valence-electron chi connectivity index (χ4n) is 3.18. The molecule has 1 aliphatic rings. The quantitative estimate of drug-likeness (QED) is 0.585. The van der Waals surface area contributed by atoms with E-state index in [9.17, 15) is 9.59 Å². The molecule has 0 aliphatic carbocycles. The van der Waals surface area contributed by atoms with Gasteiger partial charge in [-0.05, 0) is 37.0 Å². The van der Waals surface area contributed by atoms with Gasteiger partial charge in [-0.25, -0.2) is 4.79 Å². The highest BCUT2D eigenvalue weighted by Crippen LogP contribution is 2.14. The van der Waals surface area contributed by atoms with Crippen LogP contribution in [0, 0.1) is 0 Å². The first-order valence-electron chi connectivity index (χ1n) is 10.3. The molecule has 0 spiro atoms. The summed E-state index contributed by atoms with van der Waals surface area (Å²) in [5.74, 6) is -0.0859. The molecular formula is C23H28N2O5. The summed E-state index contributed by atoms with van der Waals surface area (Å²) in [4.78, 5) is 24.3. The first-order valence-corrected chi connectivity index (χ1v) is 10.3. The lowest BCUT2D eigenvalue weighted by Gasteiger charge is -2.23. The number of carbonyl (C=O) groups excluding carboxylic acids is 2. The van der Waals surface area contributed by atoms with Gasteiger partial charge in [0.1, 0.15) is 6.61 Å². The molecule has 2 amide bonds. The molecule has 1 heterocycles. The molecule has 2 N–H and O–H groups in total. The Morgan fingerprint density at radius 3 is 2.33 bits per heavy atom. The fraction of sp³-hybridized carbons (Fsp3) is 0.391. The summed E-state index contributed by atoms with van der Waals surface area (Å²) in [5.41, 5.74) is 1.57. The molecule has 30 heavy (non-hydrogen) atoms. The smallest absolute Gasteiger partial charge is 0.407 e. The van der Waals surface area contributed by atoms with Gasteiger partial charge in [0.15, 0.2) is 6.29 Å². The third-order valence-electron chi connectivity index (χ3n) is 4.76. The number of alkyl carbamates (subject to hydrolysis) is 1. The Morgan fingerprint density at radius 1 is 0.967 bits per heavy atom. The van der Waals surface area contributed by atoms with Crippen LogP contribution in [-0.4, -0.2) is 44.1 Å². The minimum Gasteiger partial charge on any atom is -0.445 e. The molecule has 7 heteroatoms. The number of benzene rings is 2. The van der Waals surface area contributed by atoms with Crippen molar-refractivity contribution in [1.29, 1.82) is 0 Å². The zero-order valence-corrected chi connectivity index (χ0v) is 16.9. The van der Waals surface area contributed by atoms with Crippen LogP contribution in [0.15, 0.2) is 60.7 Å². The Bertz CT molecular complexity index is 779. The number of ether oxygens (including phenoxy) is 3. The van der Waals surface area contributed by atoms with Crippen molar-refractivity contribution in [1.82, 2.24) is 10.6 Å². The number of hydrogen-bond donors (Lipinski definition) is 2. The van der Waals surface area contributed by atoms with Gasteiger partial charge in [0.2, 0.25) is 0 Å². The molecule has 1 fully saturated rings. The number of carbonyl (C=O) groups is 2. The second kappa shape index (κ2) is 11.9. The Morgan fingerprint density at radius 2 is 1.63 bits per heavy atom. The van der Waals surface area contributed by atoms with Crippen molar-refractivity contribution in [3.63, 3.8) is 0 Å². The van der Waals surface area contributed by atoms with Crippen LogP contribution in [0.3, 0.4) is 0 Å². The predicted octanol–water partition coefficient (Wildman–Crippen LogP) is 3.25. The second-order valence-electron chi connectivity index (χ2n) is 7.04. The predicted molar refractivity (Wildman–Crippen MR) is 112 cm³/mol. The molecule has 1 aliphatic heterocycles. The summed E-state index contributed by atoms with van der Waals surface area (Å²) in [5, 5.41) is 5.76. The number of amides is 2. The zero-order valence-electron chi connectivity index (χ0n) is 16.9. The summed E-state index contributed by atoms with van der Waals surface area (Å²) < 4.78 is 16.4. The third kappa shape index (κ3) is 7.17. The summed E-state index contributed by atoms with van der Waals surface area (Å²) in [6.45, 7) is 1.78. The largest absolute Gasteiger partial charge is 0.445 e. The van der Waals surface area contributed by atoms with Crippen LogP contribution >= 0.6 is 0 Å². The van der Waals surface area contributed by atoms with Crippen LogP contribution in [0.5, 0.6) is 0 Å². The maximum absolute atomic E-state index is 12.2. The van der Waals surface area contributed by atoms with Crippen LogP contribution in [-0.2, 0) is 20.8 Å². The molecule has 0 radical (unpaired) electrons. The van der Waals surface area contributed by atoms with E-state index in [1.807, 2.05) is 48.5 Å². The van der Waals surface area contributed by atoms with Crippen molar-refractivity contribution in [2.45, 2.75) is 38.2 Å². The normalized spacial score (nSPS) is 14.8. The van der Waals surface area contributed by atoms with Gasteiger partial charge < -0.3 is 24.8 Å². The topological polar surface area (TPSA) is 85.9 Å². The van der Waals surface area contributed by atoms with Crippen molar-refractivity contribution in [3.05, 3.63) is 71.8 Å². The lowest BCUT2D eigenvalue weighted by molar-refractivity contribution is -0.0686. The van der Waals surface area contributed by atoms with Crippen LogP contribution in [0.2, 0.25) is 0 Å². The highest BCUT2D eigenvalue weighted by atomic mass is 16.7. The molecule has 0 unspecified atom stereocenters. The molecule has 1 atom stereocenters. The van der Waals surface area contributed by atoms with Gasteiger partial charge >= 0.3 is 6.09 Å². The number of unbranched alkanes of at least 4 members (excludes halogenated alkanes) is 1. The maximum atomic E-state index is 12.2. The summed E-state index contributed by atoms with van der Waals surface area (Å²) in [6.07, 6.45) is 1.25. The zero-order chi connectivity index (χ0) is 21.0. The van der Waals surface area contributed by atoms with E-state index in [-0.39, 0.29) is 18.6 Å². The first kappa shape index (κ1) is 21.8. The average Bonchev–Trinajstić information content (AvgIpc) is 3.33. The van der Waals surface area contributed by atoms with Crippen LogP contribution in [0.25, 0.3) is 0 Å². The third-order valence-corrected chi connectivity index (χ3v) is 4.76. The van der Waals surface area contributed by atoms with Crippen molar-refractivity contribution < 1.29 is 23.8 Å². The molecule has 0 saturated carbocycles. The van der Waals surface area contributed by atoms with E-state index in [0.717, 1.165) is 18.4 Å². The summed E-state index contributed by atoms with van der Waals surface area (Å²) in [6, 6.07) is 18.3. The number of rotatable bonds is 10. The minimum absolute atomic E-state index is 0.0859. The average molecular weight is 412 g/mol. The molecule has 2 aromatic rings. The SMILES string of the molecule is O=C(N[C@@H](CCCCNC(=O)c1ccccc1)C1OCCO1)OCc1ccccc1. The van der Waals surface area contributed by atoms with Crippen molar-refractivity contribution in [3.8, 4) is 0 Å². The molecule has 7 nitrogen and oxygen atoms in total. The van der Waals surface area contributed by atoms with Gasteiger partial charge in [-0.3, -0.25) is 4.79 Å². The van der Waals surface area contributed by atoms with Gasteiger partial charge in [0.05, 0.1) is 19.3 Å². The van der Waals surface area contributed by atoms with E-state index in [1.165, 1.54) is 0 Å². The Labute approximate surface area is 176 Å². The van der Waals surface area contributed by atoms with Crippen LogP contribution in [0.1, 0.15) is 35.2 Å². The Hall–Kier alpha value is -2.90. The lowest BCUT2D eigenvalue weighted by Crippen LogP contribution is -2.44. The van der Waals surface area contributed by atoms with E-state index in [0.29, 0.717) is 31.7 Å². The van der Waals surface area contributed by atoms with E-state index < -0.39 is 12.4 Å². The standard InChI is InChI=1S/C23H28N2O5/c26-21(19-11-5-2-6-12-19)24-14-8-7-13-20(22-28-15-16-29-22)25-23(27)30-17-18-9-3-1-4-10-18/h1-6,9-12,20,22H,7-8,13-17H2,(H,24,26)(H,25,27)/t20-/m0/s1. The van der Waals surface area contributed by atoms with Crippen molar-refractivity contribution in [2.24, 2.45) is 0 Å². The summed E-state index contributed by atoms with van der Waals surface area (Å²) in [7, 11) is 0. The van der Waals surface area contributed by atoms with Crippen LogP contribution < -0.4 is 10.6 Å². The minimum atomic E-state index is -0.500. The van der Waals surface area contributed by atoms with Crippen molar-refractivity contribution in [2.75, 3.05) is 19.8 Å². The Kier molecular flexibility index (Phi) is 8.68. The van der Waals surface area contributed by atoms with E-state index in [1.54, 1.807) is 12.1 Å². The van der Waals surface area contributed by atoms with E-state index >= 15 is 0 Å². The van der Waals surface area contributed by atoms with Gasteiger partial charge in [-0.2, -0.15) is 0 Å². The Balaban J connectivity index is 1.39. The fourth-order valence-corrected chi connectivity index (χ4v) is 3.18. The first-order chi connectivity index (χ1) is 14.7. The lowest BCUT2D eigenvalue weighted by atomic mass is 10.1. The highest BCUT2D eigenvalue weighted by Gasteiger charge is 2.28. The van der Waals surface area contributed by atoms with Gasteiger partial charge in [-0.15, -0.1) is 0 Å². The van der Waals surface area contributed by atoms with E-state index in [2.05, 4.69) is 10.6 Å². The molecule has 0 bridgehead atoms. The molecule has 1 saturated heterocycles. The second-order valence-corrected chi connectivity index (χ2v) is 7.04.